The summed E-state index contributed by atoms with van der Waals surface area (Å²) in [6, 6.07) is 27.6. The third-order valence-electron chi connectivity index (χ3n) is 8.50. The second-order valence-corrected chi connectivity index (χ2v) is 10.4. The molecule has 5 aromatic rings. The zero-order chi connectivity index (χ0) is 23.9. The third kappa shape index (κ3) is 2.39. The monoisotopic (exact) mass is 457 g/mol. The summed E-state index contributed by atoms with van der Waals surface area (Å²) in [6.07, 6.45) is 3.99. The van der Waals surface area contributed by atoms with E-state index in [1.165, 1.54) is 11.3 Å². The van der Waals surface area contributed by atoms with Crippen LogP contribution in [0.4, 0.5) is 22.9 Å². The topological polar surface area (TPSA) is 32.5 Å². The lowest BCUT2D eigenvalue weighted by atomic mass is 9.58. The Labute approximate surface area is 205 Å². The van der Waals surface area contributed by atoms with Crippen LogP contribution >= 0.6 is 0 Å². The molecule has 0 aliphatic carbocycles. The summed E-state index contributed by atoms with van der Waals surface area (Å²) in [5.74, 6) is 0.970. The highest BCUT2D eigenvalue weighted by molar-refractivity contribution is 6.10. The molecule has 0 N–H and O–H groups in total. The molecule has 2 aliphatic heterocycles. The Morgan fingerprint density at radius 2 is 1.51 bits per heavy atom. The maximum absolute atomic E-state index is 6.51. The lowest BCUT2D eigenvalue weighted by Gasteiger charge is -2.56. The number of anilines is 4. The summed E-state index contributed by atoms with van der Waals surface area (Å²) >= 11 is 0. The minimum atomic E-state index is -0.257. The van der Waals surface area contributed by atoms with E-state index in [1.54, 1.807) is 0 Å². The number of para-hydroxylation sites is 3. The Morgan fingerprint density at radius 1 is 0.800 bits per heavy atom. The number of hydrogen-bond acceptors (Lipinski definition) is 4. The lowest BCUT2D eigenvalue weighted by Crippen LogP contribution is -2.60. The average Bonchev–Trinajstić information content (AvgIpc) is 3.44. The number of rotatable bonds is 2. The maximum atomic E-state index is 6.51. The van der Waals surface area contributed by atoms with Crippen LogP contribution in [0.25, 0.3) is 21.9 Å². The number of hydrogen-bond donors (Lipinski definition) is 0. The molecule has 7 rings (SSSR count). The molecular weight excluding hydrogens is 430 g/mol. The predicted molar refractivity (Wildman–Crippen MR) is 144 cm³/mol. The van der Waals surface area contributed by atoms with E-state index >= 15 is 0 Å². The number of benzene rings is 3. The van der Waals surface area contributed by atoms with Gasteiger partial charge in [0.25, 0.3) is 0 Å². The summed E-state index contributed by atoms with van der Waals surface area (Å²) in [7, 11) is 0. The molecule has 0 saturated heterocycles. The highest BCUT2D eigenvalue weighted by Crippen LogP contribution is 2.62. The van der Waals surface area contributed by atoms with Crippen LogP contribution in [0.2, 0.25) is 0 Å². The number of aromatic nitrogens is 1. The lowest BCUT2D eigenvalue weighted by molar-refractivity contribution is 0.171. The molecule has 0 spiro atoms. The van der Waals surface area contributed by atoms with Gasteiger partial charge in [-0.25, -0.2) is 4.98 Å². The van der Waals surface area contributed by atoms with Crippen molar-refractivity contribution in [2.45, 2.75) is 32.4 Å². The van der Waals surface area contributed by atoms with Crippen LogP contribution in [0.3, 0.4) is 0 Å². The fourth-order valence-electron chi connectivity index (χ4n) is 6.31. The number of fused-ring (bicyclic) bond motifs is 8. The van der Waals surface area contributed by atoms with Crippen LogP contribution in [-0.4, -0.2) is 11.1 Å². The van der Waals surface area contributed by atoms with Crippen molar-refractivity contribution in [3.05, 3.63) is 103 Å². The molecule has 4 nitrogen and oxygen atoms in total. The van der Waals surface area contributed by atoms with Crippen molar-refractivity contribution < 1.29 is 4.42 Å². The highest BCUT2D eigenvalue weighted by atomic mass is 16.3. The molecule has 4 heterocycles. The molecule has 0 bridgehead atoms. The summed E-state index contributed by atoms with van der Waals surface area (Å²) in [6.45, 7) is 11.3. The van der Waals surface area contributed by atoms with Crippen LogP contribution < -0.4 is 9.80 Å². The van der Waals surface area contributed by atoms with Crippen molar-refractivity contribution in [3.8, 4) is 0 Å². The Morgan fingerprint density at radius 3 is 2.37 bits per heavy atom. The molecule has 2 aliphatic rings. The molecule has 2 atom stereocenters. The van der Waals surface area contributed by atoms with Gasteiger partial charge in [0, 0.05) is 33.5 Å². The number of furan rings is 1. The molecule has 0 amide bonds. The van der Waals surface area contributed by atoms with E-state index in [9.17, 15) is 0 Å². The van der Waals surface area contributed by atoms with Crippen LogP contribution in [-0.2, 0) is 5.41 Å². The fourth-order valence-corrected chi connectivity index (χ4v) is 6.31. The van der Waals surface area contributed by atoms with Gasteiger partial charge in [0.2, 0.25) is 0 Å². The van der Waals surface area contributed by atoms with Gasteiger partial charge in [-0.1, -0.05) is 75.4 Å². The van der Waals surface area contributed by atoms with E-state index in [0.717, 1.165) is 39.1 Å². The number of allylic oxidation sites excluding steroid dienone is 1. The summed E-state index contributed by atoms with van der Waals surface area (Å²) in [4.78, 5) is 9.76. The molecule has 4 heteroatoms. The van der Waals surface area contributed by atoms with Gasteiger partial charge in [0.05, 0.1) is 11.4 Å². The van der Waals surface area contributed by atoms with Crippen molar-refractivity contribution in [1.29, 1.82) is 0 Å². The predicted octanol–water partition coefficient (Wildman–Crippen LogP) is 8.08. The first-order valence-electron chi connectivity index (χ1n) is 12.1. The molecular formula is C31H27N3O. The molecule has 2 aromatic heterocycles. The average molecular weight is 458 g/mol. The summed E-state index contributed by atoms with van der Waals surface area (Å²) in [5, 5.41) is 2.26. The van der Waals surface area contributed by atoms with Crippen LogP contribution in [0, 0.1) is 5.41 Å². The Bertz CT molecular complexity index is 1650. The van der Waals surface area contributed by atoms with Crippen molar-refractivity contribution in [2.75, 3.05) is 9.80 Å². The molecule has 3 aromatic carbocycles. The molecule has 172 valence electrons. The van der Waals surface area contributed by atoms with Crippen LogP contribution in [0.1, 0.15) is 26.3 Å². The van der Waals surface area contributed by atoms with Crippen LogP contribution in [0.5, 0.6) is 0 Å². The SMILES string of the molecule is C=CC1(C)c2ccccc2N2c3ncccc3N(c3cccc4c3oc3ccccc34)C2C1(C)C. The third-order valence-corrected chi connectivity index (χ3v) is 8.50. The van der Waals surface area contributed by atoms with E-state index in [2.05, 4.69) is 104 Å². The van der Waals surface area contributed by atoms with Crippen molar-refractivity contribution in [3.63, 3.8) is 0 Å². The first kappa shape index (κ1) is 20.3. The Kier molecular flexibility index (Phi) is 3.93. The number of nitrogens with zero attached hydrogens (tertiary/aromatic N) is 3. The van der Waals surface area contributed by atoms with Gasteiger partial charge in [0.1, 0.15) is 11.7 Å². The standard InChI is InChI=1S/C31H27N3O/c1-5-31(4)22-14-7-8-15-23(22)34-28-25(17-11-19-32-28)33(29(34)30(31,2)3)24-16-10-13-21-20-12-6-9-18-26(20)35-27(21)24/h5-19,29H,1H2,2-4H3. The molecule has 0 saturated carbocycles. The van der Waals surface area contributed by atoms with Gasteiger partial charge >= 0.3 is 0 Å². The van der Waals surface area contributed by atoms with Gasteiger partial charge in [0.15, 0.2) is 11.4 Å². The van der Waals surface area contributed by atoms with E-state index in [4.69, 9.17) is 9.40 Å². The Balaban J connectivity index is 1.57. The first-order chi connectivity index (χ1) is 17.0. The smallest absolute Gasteiger partial charge is 0.159 e. The summed E-state index contributed by atoms with van der Waals surface area (Å²) < 4.78 is 6.51. The van der Waals surface area contributed by atoms with Crippen molar-refractivity contribution >= 4 is 44.8 Å². The maximum Gasteiger partial charge on any atom is 0.159 e. The second kappa shape index (κ2) is 6.76. The van der Waals surface area contributed by atoms with Crippen molar-refractivity contribution in [1.82, 2.24) is 4.98 Å². The van der Waals surface area contributed by atoms with Crippen LogP contribution in [0.15, 0.2) is 102 Å². The van der Waals surface area contributed by atoms with E-state index in [-0.39, 0.29) is 17.0 Å². The van der Waals surface area contributed by atoms with Crippen molar-refractivity contribution in [2.24, 2.45) is 5.41 Å². The number of pyridine rings is 1. The van der Waals surface area contributed by atoms with E-state index in [1.807, 2.05) is 24.4 Å². The molecule has 2 unspecified atom stereocenters. The Hall–Kier alpha value is -4.05. The minimum absolute atomic E-state index is 0.0240. The van der Waals surface area contributed by atoms with Gasteiger partial charge in [-0.2, -0.15) is 0 Å². The molecule has 0 fully saturated rings. The fraction of sp³-hybridized carbons (Fsp3) is 0.194. The molecule has 0 radical (unpaired) electrons. The zero-order valence-corrected chi connectivity index (χ0v) is 20.2. The largest absolute Gasteiger partial charge is 0.454 e. The van der Waals surface area contributed by atoms with Gasteiger partial charge in [-0.15, -0.1) is 6.58 Å². The minimum Gasteiger partial charge on any atom is -0.454 e. The van der Waals surface area contributed by atoms with Gasteiger partial charge in [-0.3, -0.25) is 0 Å². The van der Waals surface area contributed by atoms with E-state index in [0.29, 0.717) is 0 Å². The quantitative estimate of drug-likeness (QED) is 0.251. The molecule has 35 heavy (non-hydrogen) atoms. The van der Waals surface area contributed by atoms with E-state index < -0.39 is 0 Å². The first-order valence-corrected chi connectivity index (χ1v) is 12.1. The van der Waals surface area contributed by atoms with Gasteiger partial charge < -0.3 is 14.2 Å². The zero-order valence-electron chi connectivity index (χ0n) is 20.2. The summed E-state index contributed by atoms with van der Waals surface area (Å²) in [5.41, 5.74) is 5.92. The van der Waals surface area contributed by atoms with Gasteiger partial charge in [-0.05, 0) is 35.9 Å². The second-order valence-electron chi connectivity index (χ2n) is 10.4. The normalized spacial score (nSPS) is 22.2. The highest BCUT2D eigenvalue weighted by Gasteiger charge is 2.59.